The maximum absolute atomic E-state index is 13.1. The average molecular weight is 525 g/mol. The van der Waals surface area contributed by atoms with Crippen molar-refractivity contribution in [3.8, 4) is 0 Å². The molecule has 0 aliphatic carbocycles. The van der Waals surface area contributed by atoms with Crippen LogP contribution in [0.25, 0.3) is 12.2 Å². The lowest BCUT2D eigenvalue weighted by atomic mass is 10.1. The molecule has 0 heterocycles. The van der Waals surface area contributed by atoms with E-state index < -0.39 is 11.8 Å². The second kappa shape index (κ2) is 12.4. The van der Waals surface area contributed by atoms with E-state index in [9.17, 15) is 18.8 Å². The second-order valence-electron chi connectivity index (χ2n) is 8.21. The number of carbonyl (C=O) groups excluding carboxylic acids is 3. The summed E-state index contributed by atoms with van der Waals surface area (Å²) in [5, 5.41) is 5.96. The van der Waals surface area contributed by atoms with Crippen molar-refractivity contribution in [1.82, 2.24) is 5.32 Å². The van der Waals surface area contributed by atoms with Gasteiger partial charge in [0.1, 0.15) is 11.5 Å². The maximum Gasteiger partial charge on any atom is 0.272 e. The molecule has 38 heavy (non-hydrogen) atoms. The SMILES string of the molecule is O=C(Nc1ccc(C(=O)/C=C/c2ccc(F)cc2)cc1)/C(=C/c1ccc(Cl)cc1)NC(=O)c1ccccc1. The molecule has 4 rings (SSSR count). The number of halogens is 2. The zero-order chi connectivity index (χ0) is 26.9. The van der Waals surface area contributed by atoms with Gasteiger partial charge in [0.15, 0.2) is 5.78 Å². The summed E-state index contributed by atoms with van der Waals surface area (Å²) in [5.74, 6) is -1.57. The maximum atomic E-state index is 13.1. The van der Waals surface area contributed by atoms with Crippen LogP contribution in [-0.2, 0) is 4.79 Å². The molecule has 0 spiro atoms. The van der Waals surface area contributed by atoms with E-state index in [1.807, 2.05) is 0 Å². The van der Waals surface area contributed by atoms with Crippen LogP contribution in [0.3, 0.4) is 0 Å². The van der Waals surface area contributed by atoms with Gasteiger partial charge in [-0.25, -0.2) is 4.39 Å². The first-order valence-electron chi connectivity index (χ1n) is 11.6. The van der Waals surface area contributed by atoms with Crippen LogP contribution in [0.15, 0.2) is 115 Å². The van der Waals surface area contributed by atoms with Crippen LogP contribution < -0.4 is 10.6 Å². The molecular formula is C31H22ClFN2O3. The summed E-state index contributed by atoms with van der Waals surface area (Å²) in [6.45, 7) is 0. The molecule has 0 aliphatic rings. The highest BCUT2D eigenvalue weighted by molar-refractivity contribution is 6.30. The predicted molar refractivity (Wildman–Crippen MR) is 148 cm³/mol. The summed E-state index contributed by atoms with van der Waals surface area (Å²) in [5.41, 5.74) is 2.64. The molecule has 2 N–H and O–H groups in total. The molecule has 5 nitrogen and oxygen atoms in total. The van der Waals surface area contributed by atoms with E-state index in [2.05, 4.69) is 10.6 Å². The van der Waals surface area contributed by atoms with Gasteiger partial charge >= 0.3 is 0 Å². The van der Waals surface area contributed by atoms with Crippen molar-refractivity contribution in [2.75, 3.05) is 5.32 Å². The Morgan fingerprint density at radius 1 is 0.711 bits per heavy atom. The Balaban J connectivity index is 1.48. The predicted octanol–water partition coefficient (Wildman–Crippen LogP) is 6.78. The van der Waals surface area contributed by atoms with Gasteiger partial charge in [-0.3, -0.25) is 14.4 Å². The van der Waals surface area contributed by atoms with Crippen molar-refractivity contribution in [2.45, 2.75) is 0 Å². The summed E-state index contributed by atoms with van der Waals surface area (Å²) in [4.78, 5) is 38.4. The van der Waals surface area contributed by atoms with Crippen molar-refractivity contribution < 1.29 is 18.8 Å². The average Bonchev–Trinajstić information content (AvgIpc) is 2.94. The third kappa shape index (κ3) is 7.35. The minimum absolute atomic E-state index is 0.0311. The standard InChI is InChI=1S/C31H22ClFN2O3/c32-25-13-6-22(7-14-25)20-28(35-30(37)24-4-2-1-3-5-24)31(38)34-27-17-11-23(12-18-27)29(36)19-10-21-8-15-26(33)16-9-21/h1-20H,(H,34,38)(H,35,37)/b19-10+,28-20-. The monoisotopic (exact) mass is 524 g/mol. The highest BCUT2D eigenvalue weighted by Crippen LogP contribution is 2.16. The molecule has 0 saturated carbocycles. The number of carbonyl (C=O) groups is 3. The Hall–Kier alpha value is -4.81. The molecule has 0 bridgehead atoms. The Labute approximate surface area is 224 Å². The number of amides is 2. The third-order valence-corrected chi connectivity index (χ3v) is 5.69. The highest BCUT2D eigenvalue weighted by atomic mass is 35.5. The number of rotatable bonds is 8. The van der Waals surface area contributed by atoms with Crippen LogP contribution in [-0.4, -0.2) is 17.6 Å². The zero-order valence-corrected chi connectivity index (χ0v) is 20.8. The lowest BCUT2D eigenvalue weighted by Gasteiger charge is -2.12. The molecule has 0 unspecified atom stereocenters. The van der Waals surface area contributed by atoms with Gasteiger partial charge in [-0.2, -0.15) is 0 Å². The Bertz CT molecular complexity index is 1500. The molecule has 7 heteroatoms. The number of nitrogens with one attached hydrogen (secondary N) is 2. The van der Waals surface area contributed by atoms with Gasteiger partial charge in [0, 0.05) is 21.8 Å². The number of benzene rings is 4. The highest BCUT2D eigenvalue weighted by Gasteiger charge is 2.15. The van der Waals surface area contributed by atoms with E-state index in [1.165, 1.54) is 18.2 Å². The van der Waals surface area contributed by atoms with Crippen molar-refractivity contribution in [2.24, 2.45) is 0 Å². The zero-order valence-electron chi connectivity index (χ0n) is 20.0. The van der Waals surface area contributed by atoms with Gasteiger partial charge < -0.3 is 10.6 Å². The fourth-order valence-corrected chi connectivity index (χ4v) is 3.55. The second-order valence-corrected chi connectivity index (χ2v) is 8.65. The number of anilines is 1. The van der Waals surface area contributed by atoms with E-state index in [4.69, 9.17) is 11.6 Å². The molecular weight excluding hydrogens is 503 g/mol. The van der Waals surface area contributed by atoms with Crippen LogP contribution in [0, 0.1) is 5.82 Å². The first-order chi connectivity index (χ1) is 18.4. The summed E-state index contributed by atoms with van der Waals surface area (Å²) >= 11 is 5.96. The van der Waals surface area contributed by atoms with Crippen molar-refractivity contribution in [3.05, 3.63) is 148 Å². The van der Waals surface area contributed by atoms with Gasteiger partial charge in [-0.15, -0.1) is 0 Å². The summed E-state index contributed by atoms with van der Waals surface area (Å²) < 4.78 is 13.0. The topological polar surface area (TPSA) is 75.3 Å². The van der Waals surface area contributed by atoms with E-state index in [1.54, 1.807) is 103 Å². The van der Waals surface area contributed by atoms with E-state index in [0.717, 1.165) is 0 Å². The van der Waals surface area contributed by atoms with Crippen LogP contribution >= 0.6 is 11.6 Å². The fraction of sp³-hybridized carbons (Fsp3) is 0. The Morgan fingerprint density at radius 2 is 1.34 bits per heavy atom. The lowest BCUT2D eigenvalue weighted by Crippen LogP contribution is -2.30. The van der Waals surface area contributed by atoms with Crippen LogP contribution in [0.4, 0.5) is 10.1 Å². The molecule has 0 aliphatic heterocycles. The summed E-state index contributed by atoms with van der Waals surface area (Å²) in [7, 11) is 0. The van der Waals surface area contributed by atoms with E-state index in [-0.39, 0.29) is 17.3 Å². The van der Waals surface area contributed by atoms with Gasteiger partial charge in [0.2, 0.25) is 0 Å². The number of allylic oxidation sites excluding steroid dienone is 1. The fourth-order valence-electron chi connectivity index (χ4n) is 3.43. The summed E-state index contributed by atoms with van der Waals surface area (Å²) in [6.07, 6.45) is 4.54. The van der Waals surface area contributed by atoms with Gasteiger partial charge in [0.25, 0.3) is 11.8 Å². The minimum atomic E-state index is -0.542. The van der Waals surface area contributed by atoms with Gasteiger partial charge in [-0.1, -0.05) is 60.1 Å². The molecule has 0 radical (unpaired) electrons. The molecule has 0 aromatic heterocycles. The van der Waals surface area contributed by atoms with E-state index >= 15 is 0 Å². The van der Waals surface area contributed by atoms with Crippen LogP contribution in [0.1, 0.15) is 31.8 Å². The molecule has 4 aromatic rings. The molecule has 0 atom stereocenters. The smallest absolute Gasteiger partial charge is 0.272 e. The van der Waals surface area contributed by atoms with Crippen LogP contribution in [0.2, 0.25) is 5.02 Å². The van der Waals surface area contributed by atoms with Gasteiger partial charge in [0.05, 0.1) is 0 Å². The normalized spacial score (nSPS) is 11.3. The minimum Gasteiger partial charge on any atom is -0.321 e. The number of hydrogen-bond donors (Lipinski definition) is 2. The third-order valence-electron chi connectivity index (χ3n) is 5.43. The molecule has 2 amide bonds. The molecule has 4 aromatic carbocycles. The summed E-state index contributed by atoms with van der Waals surface area (Å²) in [6, 6.07) is 27.5. The number of ketones is 1. The van der Waals surface area contributed by atoms with Crippen molar-refractivity contribution in [1.29, 1.82) is 0 Å². The first kappa shape index (κ1) is 26.3. The lowest BCUT2D eigenvalue weighted by molar-refractivity contribution is -0.113. The van der Waals surface area contributed by atoms with Gasteiger partial charge in [-0.05, 0) is 83.9 Å². The van der Waals surface area contributed by atoms with Crippen molar-refractivity contribution >= 4 is 47.0 Å². The largest absolute Gasteiger partial charge is 0.321 e. The quantitative estimate of drug-likeness (QED) is 0.197. The van der Waals surface area contributed by atoms with E-state index in [0.29, 0.717) is 33.0 Å². The Morgan fingerprint density at radius 3 is 2.00 bits per heavy atom. The number of hydrogen-bond acceptors (Lipinski definition) is 3. The van der Waals surface area contributed by atoms with Crippen molar-refractivity contribution in [3.63, 3.8) is 0 Å². The molecule has 188 valence electrons. The molecule has 0 fully saturated rings. The molecule has 0 saturated heterocycles. The Kier molecular flexibility index (Phi) is 8.59. The first-order valence-corrected chi connectivity index (χ1v) is 12.0. The van der Waals surface area contributed by atoms with Crippen LogP contribution in [0.5, 0.6) is 0 Å².